The normalized spacial score (nSPS) is 37.1. The van der Waals surface area contributed by atoms with Crippen LogP contribution in [0.2, 0.25) is 0 Å². The number of carbonyl (C=O) groups is 1. The van der Waals surface area contributed by atoms with Gasteiger partial charge in [0, 0.05) is 0 Å². The van der Waals surface area contributed by atoms with Gasteiger partial charge in [-0.15, -0.1) is 11.8 Å². The van der Waals surface area contributed by atoms with Crippen LogP contribution in [0.3, 0.4) is 0 Å². The Morgan fingerprint density at radius 1 is 1.50 bits per heavy atom. The van der Waals surface area contributed by atoms with E-state index in [1.54, 1.807) is 0 Å². The van der Waals surface area contributed by atoms with Gasteiger partial charge in [-0.05, 0) is 43.3 Å². The van der Waals surface area contributed by atoms with Crippen molar-refractivity contribution in [1.82, 2.24) is 5.32 Å². The summed E-state index contributed by atoms with van der Waals surface area (Å²) < 4.78 is 0. The van der Waals surface area contributed by atoms with Crippen molar-refractivity contribution in [2.45, 2.75) is 63.3 Å². The lowest BCUT2D eigenvalue weighted by Crippen LogP contribution is -2.56. The summed E-state index contributed by atoms with van der Waals surface area (Å²) in [5.74, 6) is 1.82. The molecule has 3 atom stereocenters. The van der Waals surface area contributed by atoms with Crippen LogP contribution in [0, 0.1) is 11.8 Å². The first-order valence-corrected chi connectivity index (χ1v) is 8.14. The molecule has 104 valence electrons. The molecule has 1 aliphatic carbocycles. The summed E-state index contributed by atoms with van der Waals surface area (Å²) in [6.45, 7) is 4.56. The average molecular weight is 271 g/mol. The van der Waals surface area contributed by atoms with Crippen LogP contribution in [0.1, 0.15) is 52.4 Å². The molecule has 2 fully saturated rings. The van der Waals surface area contributed by atoms with Crippen molar-refractivity contribution < 1.29 is 9.90 Å². The van der Waals surface area contributed by atoms with Crippen molar-refractivity contribution in [2.75, 3.05) is 5.75 Å². The number of carboxylic acids is 1. The average Bonchev–Trinajstić information content (AvgIpc) is 2.28. The minimum atomic E-state index is -0.680. The number of nitrogens with one attached hydrogen (secondary N) is 1. The van der Waals surface area contributed by atoms with Crippen LogP contribution in [0.25, 0.3) is 0 Å². The molecule has 18 heavy (non-hydrogen) atoms. The molecular formula is C14H25NO2S. The van der Waals surface area contributed by atoms with Gasteiger partial charge in [0.05, 0.1) is 4.87 Å². The van der Waals surface area contributed by atoms with E-state index in [-0.39, 0.29) is 10.9 Å². The number of rotatable bonds is 3. The molecule has 2 N–H and O–H groups in total. The van der Waals surface area contributed by atoms with E-state index < -0.39 is 5.97 Å². The molecule has 2 rings (SSSR count). The highest BCUT2D eigenvalue weighted by Crippen LogP contribution is 2.44. The van der Waals surface area contributed by atoms with Gasteiger partial charge < -0.3 is 5.11 Å². The molecule has 3 nitrogen and oxygen atoms in total. The van der Waals surface area contributed by atoms with Gasteiger partial charge in [0.25, 0.3) is 0 Å². The Kier molecular flexibility index (Phi) is 4.59. The van der Waals surface area contributed by atoms with Crippen LogP contribution in [0.15, 0.2) is 0 Å². The lowest BCUT2D eigenvalue weighted by Gasteiger charge is -2.46. The third-order valence-corrected chi connectivity index (χ3v) is 5.62. The molecule has 1 saturated carbocycles. The van der Waals surface area contributed by atoms with Gasteiger partial charge in [0.1, 0.15) is 6.04 Å². The standard InChI is InChI=1S/C14H25NO2S/c1-10(2)8-11-4-3-6-14(9-11)15-12(13(16)17)5-7-18-14/h10-12,15H,3-9H2,1-2H3,(H,16,17). The van der Waals surface area contributed by atoms with Gasteiger partial charge in [-0.2, -0.15) is 0 Å². The minimum absolute atomic E-state index is 0.0547. The molecule has 0 bridgehead atoms. The predicted octanol–water partition coefficient (Wildman–Crippen LogP) is 3.10. The lowest BCUT2D eigenvalue weighted by molar-refractivity contribution is -0.140. The number of thioether (sulfide) groups is 1. The van der Waals surface area contributed by atoms with Gasteiger partial charge in [0.15, 0.2) is 0 Å². The largest absolute Gasteiger partial charge is 0.480 e. The first-order valence-electron chi connectivity index (χ1n) is 7.15. The Morgan fingerprint density at radius 3 is 2.94 bits per heavy atom. The van der Waals surface area contributed by atoms with Gasteiger partial charge in [-0.1, -0.05) is 26.7 Å². The number of hydrogen-bond acceptors (Lipinski definition) is 3. The van der Waals surface area contributed by atoms with E-state index in [0.29, 0.717) is 0 Å². The fourth-order valence-corrected chi connectivity index (χ4v) is 5.08. The molecule has 1 spiro atoms. The van der Waals surface area contributed by atoms with Crippen LogP contribution >= 0.6 is 11.8 Å². The zero-order chi connectivity index (χ0) is 13.2. The van der Waals surface area contributed by atoms with Crippen LogP contribution < -0.4 is 5.32 Å². The smallest absolute Gasteiger partial charge is 0.320 e. The highest BCUT2D eigenvalue weighted by atomic mass is 32.2. The topological polar surface area (TPSA) is 49.3 Å². The van der Waals surface area contributed by atoms with Gasteiger partial charge >= 0.3 is 5.97 Å². The molecule has 0 aromatic carbocycles. The number of hydrogen-bond donors (Lipinski definition) is 2. The van der Waals surface area contributed by atoms with Gasteiger partial charge in [0.2, 0.25) is 0 Å². The summed E-state index contributed by atoms with van der Waals surface area (Å²) in [5.41, 5.74) is 0. The zero-order valence-electron chi connectivity index (χ0n) is 11.4. The van der Waals surface area contributed by atoms with Gasteiger partial charge in [-0.3, -0.25) is 10.1 Å². The van der Waals surface area contributed by atoms with E-state index in [9.17, 15) is 9.90 Å². The van der Waals surface area contributed by atoms with Crippen molar-refractivity contribution in [3.05, 3.63) is 0 Å². The van der Waals surface area contributed by atoms with E-state index in [1.165, 1.54) is 19.3 Å². The summed E-state index contributed by atoms with van der Waals surface area (Å²) in [7, 11) is 0. The molecule has 2 aliphatic rings. The van der Waals surface area contributed by atoms with E-state index in [1.807, 2.05) is 11.8 Å². The van der Waals surface area contributed by atoms with Crippen LogP contribution in [0.5, 0.6) is 0 Å². The third kappa shape index (κ3) is 3.41. The quantitative estimate of drug-likeness (QED) is 0.828. The van der Waals surface area contributed by atoms with Crippen molar-refractivity contribution in [2.24, 2.45) is 11.8 Å². The second-order valence-electron chi connectivity index (χ2n) is 6.26. The van der Waals surface area contributed by atoms with Crippen molar-refractivity contribution in [3.8, 4) is 0 Å². The Morgan fingerprint density at radius 2 is 2.28 bits per heavy atom. The lowest BCUT2D eigenvalue weighted by atomic mass is 9.80. The summed E-state index contributed by atoms with van der Waals surface area (Å²) in [6.07, 6.45) is 6.89. The molecule has 4 heteroatoms. The Balaban J connectivity index is 1.99. The summed E-state index contributed by atoms with van der Waals surface area (Å²) in [6, 6.07) is -0.330. The zero-order valence-corrected chi connectivity index (χ0v) is 12.3. The first kappa shape index (κ1) is 14.2. The monoisotopic (exact) mass is 271 g/mol. The molecule has 0 radical (unpaired) electrons. The van der Waals surface area contributed by atoms with Gasteiger partial charge in [-0.25, -0.2) is 0 Å². The third-order valence-electron chi connectivity index (χ3n) is 4.14. The van der Waals surface area contributed by atoms with Crippen molar-refractivity contribution >= 4 is 17.7 Å². The van der Waals surface area contributed by atoms with Crippen LogP contribution in [-0.2, 0) is 4.79 Å². The Hall–Kier alpha value is -0.220. The highest BCUT2D eigenvalue weighted by Gasteiger charge is 2.42. The molecule has 1 saturated heterocycles. The van der Waals surface area contributed by atoms with Crippen LogP contribution in [-0.4, -0.2) is 27.7 Å². The maximum absolute atomic E-state index is 11.2. The molecule has 0 aromatic heterocycles. The maximum Gasteiger partial charge on any atom is 0.320 e. The highest BCUT2D eigenvalue weighted by molar-refractivity contribution is 8.00. The minimum Gasteiger partial charge on any atom is -0.480 e. The number of aliphatic carboxylic acids is 1. The summed E-state index contributed by atoms with van der Waals surface area (Å²) in [5, 5.41) is 12.6. The number of carboxylic acid groups (broad SMARTS) is 1. The molecule has 1 heterocycles. The van der Waals surface area contributed by atoms with E-state index in [0.717, 1.165) is 36.9 Å². The first-order chi connectivity index (χ1) is 8.51. The molecule has 0 aromatic rings. The van der Waals surface area contributed by atoms with E-state index in [4.69, 9.17) is 0 Å². The Labute approximate surface area is 114 Å². The van der Waals surface area contributed by atoms with Crippen molar-refractivity contribution in [3.63, 3.8) is 0 Å². The van der Waals surface area contributed by atoms with Crippen LogP contribution in [0.4, 0.5) is 0 Å². The summed E-state index contributed by atoms with van der Waals surface area (Å²) >= 11 is 1.96. The predicted molar refractivity (Wildman–Crippen MR) is 75.8 cm³/mol. The molecule has 0 amide bonds. The summed E-state index contributed by atoms with van der Waals surface area (Å²) in [4.78, 5) is 11.2. The molecule has 1 aliphatic heterocycles. The van der Waals surface area contributed by atoms with E-state index >= 15 is 0 Å². The Bertz CT molecular complexity index is 304. The van der Waals surface area contributed by atoms with E-state index in [2.05, 4.69) is 19.2 Å². The SMILES string of the molecule is CC(C)CC1CCCC2(C1)NC(C(=O)O)CCS2. The molecule has 3 unspecified atom stereocenters. The van der Waals surface area contributed by atoms with Crippen molar-refractivity contribution in [1.29, 1.82) is 0 Å². The maximum atomic E-state index is 11.2. The second kappa shape index (κ2) is 5.83. The molecular weight excluding hydrogens is 246 g/mol. The fraction of sp³-hybridized carbons (Fsp3) is 0.929. The second-order valence-corrected chi connectivity index (χ2v) is 7.74. The fourth-order valence-electron chi connectivity index (χ4n) is 3.47.